The molecule has 70 valence electrons. The molecule has 0 spiro atoms. The van der Waals surface area contributed by atoms with Crippen molar-refractivity contribution < 1.29 is 0 Å². The number of halogens is 2. The van der Waals surface area contributed by atoms with E-state index in [1.807, 2.05) is 0 Å². The van der Waals surface area contributed by atoms with Crippen LogP contribution in [0.3, 0.4) is 0 Å². The zero-order valence-electron chi connectivity index (χ0n) is 7.30. The van der Waals surface area contributed by atoms with E-state index >= 15 is 0 Å². The van der Waals surface area contributed by atoms with Gasteiger partial charge in [0.15, 0.2) is 0 Å². The maximum atomic E-state index is 5.61. The predicted molar refractivity (Wildman–Crippen MR) is 53.9 cm³/mol. The van der Waals surface area contributed by atoms with E-state index in [0.717, 1.165) is 17.9 Å². The maximum absolute atomic E-state index is 5.61. The Hall–Kier alpha value is -0.210. The molecule has 1 heterocycles. The van der Waals surface area contributed by atoms with Gasteiger partial charge in [0, 0.05) is 18.3 Å². The first-order chi connectivity index (χ1) is 5.22. The Balaban J connectivity index is 0.00000121. The first-order valence-corrected chi connectivity index (χ1v) is 4.34. The Morgan fingerprint density at radius 3 is 2.67 bits per heavy atom. The van der Waals surface area contributed by atoms with Crippen LogP contribution in [0, 0.1) is 5.92 Å². The lowest BCUT2D eigenvalue weighted by Crippen LogP contribution is -1.95. The van der Waals surface area contributed by atoms with Gasteiger partial charge < -0.3 is 4.98 Å². The predicted octanol–water partition coefficient (Wildman–Crippen LogP) is 2.77. The zero-order valence-corrected chi connectivity index (χ0v) is 8.87. The van der Waals surface area contributed by atoms with Crippen molar-refractivity contribution in [3.8, 4) is 0 Å². The molecule has 4 heteroatoms. The second-order valence-corrected chi connectivity index (χ2v) is 3.35. The van der Waals surface area contributed by atoms with Gasteiger partial charge in [0.05, 0.1) is 5.88 Å². The van der Waals surface area contributed by atoms with Crippen molar-refractivity contribution in [3.05, 3.63) is 17.7 Å². The Labute approximate surface area is 84.1 Å². The van der Waals surface area contributed by atoms with Gasteiger partial charge in [-0.05, 0) is 5.92 Å². The highest BCUT2D eigenvalue weighted by Gasteiger charge is 2.01. The number of nitrogens with one attached hydrogen (secondary N) is 1. The molecular weight excluding hydrogens is 195 g/mol. The molecule has 0 saturated carbocycles. The smallest absolute Gasteiger partial charge is 0.106 e. The van der Waals surface area contributed by atoms with Crippen molar-refractivity contribution in [1.29, 1.82) is 0 Å². The molecule has 1 aromatic heterocycles. The third-order valence-electron chi connectivity index (χ3n) is 1.43. The number of alkyl halides is 1. The van der Waals surface area contributed by atoms with Crippen LogP contribution in [0.4, 0.5) is 0 Å². The van der Waals surface area contributed by atoms with Crippen molar-refractivity contribution in [2.75, 3.05) is 0 Å². The fraction of sp³-hybridized carbons (Fsp3) is 0.625. The van der Waals surface area contributed by atoms with Gasteiger partial charge in [-0.3, -0.25) is 0 Å². The van der Waals surface area contributed by atoms with E-state index in [-0.39, 0.29) is 12.4 Å². The third kappa shape index (κ3) is 3.46. The Morgan fingerprint density at radius 2 is 2.25 bits per heavy atom. The minimum Gasteiger partial charge on any atom is -0.345 e. The molecule has 1 N–H and O–H groups in total. The highest BCUT2D eigenvalue weighted by atomic mass is 35.5. The molecule has 1 aromatic rings. The van der Waals surface area contributed by atoms with Crippen molar-refractivity contribution in [3.63, 3.8) is 0 Å². The lowest BCUT2D eigenvalue weighted by Gasteiger charge is -1.98. The lowest BCUT2D eigenvalue weighted by molar-refractivity contribution is 0.625. The van der Waals surface area contributed by atoms with Crippen molar-refractivity contribution in [1.82, 2.24) is 9.97 Å². The Bertz CT molecular complexity index is 221. The standard InChI is InChI=1S/C8H13ClN2.ClH/c1-6(2)3-8-10-5-7(4-9)11-8;/h5-6H,3-4H2,1-2H3,(H,10,11);1H. The molecule has 0 unspecified atom stereocenters. The summed E-state index contributed by atoms with van der Waals surface area (Å²) in [5.74, 6) is 2.20. The molecule has 0 aromatic carbocycles. The number of aromatic amines is 1. The largest absolute Gasteiger partial charge is 0.345 e. The maximum Gasteiger partial charge on any atom is 0.106 e. The van der Waals surface area contributed by atoms with Crippen molar-refractivity contribution in [2.45, 2.75) is 26.1 Å². The van der Waals surface area contributed by atoms with Gasteiger partial charge in [-0.1, -0.05) is 13.8 Å². The summed E-state index contributed by atoms with van der Waals surface area (Å²) in [5, 5.41) is 0. The molecule has 0 aliphatic heterocycles. The van der Waals surface area contributed by atoms with Crippen molar-refractivity contribution >= 4 is 24.0 Å². The van der Waals surface area contributed by atoms with E-state index in [1.165, 1.54) is 0 Å². The summed E-state index contributed by atoms with van der Waals surface area (Å²) in [6, 6.07) is 0. The second-order valence-electron chi connectivity index (χ2n) is 3.09. The highest BCUT2D eigenvalue weighted by molar-refractivity contribution is 6.16. The van der Waals surface area contributed by atoms with Crippen LogP contribution in [0.15, 0.2) is 6.20 Å². The van der Waals surface area contributed by atoms with Gasteiger partial charge >= 0.3 is 0 Å². The zero-order chi connectivity index (χ0) is 8.27. The average Bonchev–Trinajstić information content (AvgIpc) is 2.34. The van der Waals surface area contributed by atoms with Gasteiger partial charge in [-0.2, -0.15) is 0 Å². The molecule has 0 aliphatic rings. The number of hydrogen-bond donors (Lipinski definition) is 1. The minimum absolute atomic E-state index is 0. The summed E-state index contributed by atoms with van der Waals surface area (Å²) < 4.78 is 0. The Kier molecular flexibility index (Phi) is 5.34. The van der Waals surface area contributed by atoms with Crippen LogP contribution in [-0.2, 0) is 12.3 Å². The first-order valence-electron chi connectivity index (χ1n) is 3.81. The lowest BCUT2D eigenvalue weighted by atomic mass is 10.1. The molecule has 0 amide bonds. The number of rotatable bonds is 3. The summed E-state index contributed by atoms with van der Waals surface area (Å²) in [6.45, 7) is 4.34. The number of imidazole rings is 1. The highest BCUT2D eigenvalue weighted by Crippen LogP contribution is 2.05. The molecule has 0 bridgehead atoms. The van der Waals surface area contributed by atoms with Crippen LogP contribution < -0.4 is 0 Å². The molecule has 0 aliphatic carbocycles. The van der Waals surface area contributed by atoms with Gasteiger partial charge in [0.1, 0.15) is 5.82 Å². The minimum atomic E-state index is 0. The van der Waals surface area contributed by atoms with E-state index in [2.05, 4.69) is 23.8 Å². The van der Waals surface area contributed by atoms with Gasteiger partial charge in [0.25, 0.3) is 0 Å². The van der Waals surface area contributed by atoms with E-state index in [9.17, 15) is 0 Å². The molecule has 0 atom stereocenters. The number of nitrogens with zero attached hydrogens (tertiary/aromatic N) is 1. The molecule has 12 heavy (non-hydrogen) atoms. The summed E-state index contributed by atoms with van der Waals surface area (Å²) in [5.41, 5.74) is 1.00. The number of H-pyrrole nitrogens is 1. The van der Waals surface area contributed by atoms with Crippen molar-refractivity contribution in [2.24, 2.45) is 5.92 Å². The SMILES string of the molecule is CC(C)Cc1ncc(CCl)[nH]1.Cl. The summed E-state index contributed by atoms with van der Waals surface area (Å²) in [7, 11) is 0. The number of aromatic nitrogens is 2. The summed E-state index contributed by atoms with van der Waals surface area (Å²) in [6.07, 6.45) is 2.79. The van der Waals surface area contributed by atoms with Crippen LogP contribution in [0.25, 0.3) is 0 Å². The molecule has 1 rings (SSSR count). The fourth-order valence-corrected chi connectivity index (χ4v) is 1.10. The van der Waals surface area contributed by atoms with Crippen LogP contribution in [0.5, 0.6) is 0 Å². The molecule has 0 saturated heterocycles. The van der Waals surface area contributed by atoms with E-state index in [4.69, 9.17) is 11.6 Å². The first kappa shape index (κ1) is 11.8. The van der Waals surface area contributed by atoms with Gasteiger partial charge in [-0.25, -0.2) is 4.98 Å². The quantitative estimate of drug-likeness (QED) is 0.762. The van der Waals surface area contributed by atoms with E-state index in [1.54, 1.807) is 6.20 Å². The molecule has 0 radical (unpaired) electrons. The van der Waals surface area contributed by atoms with Gasteiger partial charge in [0.2, 0.25) is 0 Å². The summed E-state index contributed by atoms with van der Waals surface area (Å²) >= 11 is 5.61. The molecule has 0 fully saturated rings. The topological polar surface area (TPSA) is 28.7 Å². The fourth-order valence-electron chi connectivity index (χ4n) is 0.964. The van der Waals surface area contributed by atoms with Crippen LogP contribution in [0.1, 0.15) is 25.4 Å². The van der Waals surface area contributed by atoms with E-state index < -0.39 is 0 Å². The number of hydrogen-bond acceptors (Lipinski definition) is 1. The monoisotopic (exact) mass is 208 g/mol. The molecule has 2 nitrogen and oxygen atoms in total. The third-order valence-corrected chi connectivity index (χ3v) is 1.71. The normalized spacial score (nSPS) is 10.0. The van der Waals surface area contributed by atoms with E-state index in [0.29, 0.717) is 11.8 Å². The van der Waals surface area contributed by atoms with Crippen LogP contribution >= 0.6 is 24.0 Å². The summed E-state index contributed by atoms with van der Waals surface area (Å²) in [4.78, 5) is 7.34. The molecular formula is C8H14Cl2N2. The second kappa shape index (κ2) is 5.44. The van der Waals surface area contributed by atoms with Crippen LogP contribution in [-0.4, -0.2) is 9.97 Å². The van der Waals surface area contributed by atoms with Gasteiger partial charge in [-0.15, -0.1) is 24.0 Å². The van der Waals surface area contributed by atoms with Crippen LogP contribution in [0.2, 0.25) is 0 Å². The Morgan fingerprint density at radius 1 is 1.58 bits per heavy atom. The average molecular weight is 209 g/mol.